The van der Waals surface area contributed by atoms with Crippen molar-refractivity contribution in [2.24, 2.45) is 0 Å². The maximum absolute atomic E-state index is 9.42. The van der Waals surface area contributed by atoms with E-state index in [1.54, 1.807) is 20.4 Å². The summed E-state index contributed by atoms with van der Waals surface area (Å²) in [5.74, 6) is 3.05. The molecule has 0 saturated carbocycles. The number of nitrogens with zero attached hydrogens (tertiary/aromatic N) is 3. The fourth-order valence-electron chi connectivity index (χ4n) is 7.20. The second-order valence-corrected chi connectivity index (χ2v) is 15.7. The van der Waals surface area contributed by atoms with Gasteiger partial charge in [-0.2, -0.15) is 5.26 Å². The lowest BCUT2D eigenvalue weighted by Gasteiger charge is -2.39. The number of fused-ring (bicyclic) bond motifs is 1. The molecule has 5 aromatic carbocycles. The van der Waals surface area contributed by atoms with Crippen molar-refractivity contribution in [1.29, 1.82) is 5.26 Å². The van der Waals surface area contributed by atoms with Crippen molar-refractivity contribution in [3.05, 3.63) is 144 Å². The fourth-order valence-corrected chi connectivity index (χ4v) is 8.92. The molecular weight excluding hydrogens is 748 g/mol. The first-order chi connectivity index (χ1) is 28.3. The maximum Gasteiger partial charge on any atom is 0.259 e. The molecule has 58 heavy (non-hydrogen) atoms. The van der Waals surface area contributed by atoms with Crippen LogP contribution in [0.25, 0.3) is 22.2 Å². The number of aromatic nitrogens is 2. The summed E-state index contributed by atoms with van der Waals surface area (Å²) in [6.45, 7) is 9.30. The highest BCUT2D eigenvalue weighted by Crippen LogP contribution is 2.49. The van der Waals surface area contributed by atoms with Crippen LogP contribution in [0.3, 0.4) is 0 Å². The van der Waals surface area contributed by atoms with Gasteiger partial charge in [-0.3, -0.25) is 0 Å². The van der Waals surface area contributed by atoms with Crippen LogP contribution in [0.5, 0.6) is 17.2 Å². The van der Waals surface area contributed by atoms with E-state index in [0.717, 1.165) is 56.1 Å². The fraction of sp³-hybridized carbons (Fsp3) is 0.319. The average Bonchev–Trinajstić information content (AvgIpc) is 3.79. The number of rotatable bonds is 21. The topological polar surface area (TPSA) is 111 Å². The van der Waals surface area contributed by atoms with Crippen LogP contribution in [0.4, 0.5) is 0 Å². The van der Waals surface area contributed by atoms with Crippen LogP contribution in [0.1, 0.15) is 57.2 Å². The van der Waals surface area contributed by atoms with Gasteiger partial charge in [-0.25, -0.2) is 9.65 Å². The van der Waals surface area contributed by atoms with Crippen LogP contribution in [0, 0.1) is 11.3 Å². The number of hydrogen-bond acceptors (Lipinski definition) is 9. The quantitative estimate of drug-likeness (QED) is 0.0432. The highest BCUT2D eigenvalue weighted by Gasteiger charge is 2.39. The monoisotopic (exact) mass is 800 g/mol. The molecule has 6 aromatic rings. The summed E-state index contributed by atoms with van der Waals surface area (Å²) in [5, 5.41) is 11.4. The highest BCUT2D eigenvalue weighted by molar-refractivity contribution is 7.44. The summed E-state index contributed by atoms with van der Waals surface area (Å²) >= 11 is 0. The van der Waals surface area contributed by atoms with Gasteiger partial charge in [-0.1, -0.05) is 78.9 Å². The molecule has 302 valence electrons. The zero-order valence-electron chi connectivity index (χ0n) is 34.1. The molecule has 1 unspecified atom stereocenters. The van der Waals surface area contributed by atoms with Crippen LogP contribution < -0.4 is 14.2 Å². The molecular formula is C47H53N4O6P. The van der Waals surface area contributed by atoms with Gasteiger partial charge in [0.05, 0.1) is 52.6 Å². The molecule has 1 heterocycles. The Balaban J connectivity index is 1.38. The Morgan fingerprint density at radius 3 is 1.91 bits per heavy atom. The Labute approximate surface area is 343 Å². The van der Waals surface area contributed by atoms with Gasteiger partial charge >= 0.3 is 0 Å². The van der Waals surface area contributed by atoms with E-state index in [-0.39, 0.29) is 31.7 Å². The largest absolute Gasteiger partial charge is 0.497 e. The number of ether oxygens (including phenoxy) is 4. The molecule has 0 aliphatic carbocycles. The van der Waals surface area contributed by atoms with E-state index in [1.807, 2.05) is 97.2 Å². The normalized spacial score (nSPS) is 12.8. The molecule has 0 radical (unpaired) electrons. The van der Waals surface area contributed by atoms with Crippen molar-refractivity contribution >= 4 is 19.3 Å². The van der Waals surface area contributed by atoms with Crippen molar-refractivity contribution in [2.75, 3.05) is 34.0 Å². The number of imidazole rings is 1. The van der Waals surface area contributed by atoms with Gasteiger partial charge in [-0.15, -0.1) is 0 Å². The third-order valence-corrected chi connectivity index (χ3v) is 12.1. The van der Waals surface area contributed by atoms with Crippen LogP contribution in [-0.2, 0) is 19.4 Å². The molecule has 0 amide bonds. The smallest absolute Gasteiger partial charge is 0.259 e. The first kappa shape index (κ1) is 42.3. The molecule has 10 nitrogen and oxygen atoms in total. The predicted octanol–water partition coefficient (Wildman–Crippen LogP) is 10.7. The molecule has 0 spiro atoms. The van der Waals surface area contributed by atoms with Crippen LogP contribution in [0.2, 0.25) is 0 Å². The summed E-state index contributed by atoms with van der Waals surface area (Å²) < 4.78 is 40.8. The molecule has 1 N–H and O–H groups in total. The van der Waals surface area contributed by atoms with E-state index in [0.29, 0.717) is 13.0 Å². The zero-order chi connectivity index (χ0) is 40.9. The van der Waals surface area contributed by atoms with Crippen LogP contribution in [-0.4, -0.2) is 66.9 Å². The van der Waals surface area contributed by atoms with E-state index < -0.39 is 20.2 Å². The van der Waals surface area contributed by atoms with E-state index in [2.05, 4.69) is 72.7 Å². The van der Waals surface area contributed by atoms with Crippen molar-refractivity contribution < 1.29 is 28.0 Å². The number of aromatic amines is 1. The van der Waals surface area contributed by atoms with Crippen LogP contribution in [0.15, 0.2) is 128 Å². The van der Waals surface area contributed by atoms with Crippen molar-refractivity contribution in [2.45, 2.75) is 64.3 Å². The molecule has 0 fully saturated rings. The molecule has 11 heteroatoms. The van der Waals surface area contributed by atoms with E-state index in [4.69, 9.17) is 28.0 Å². The van der Waals surface area contributed by atoms with Crippen molar-refractivity contribution in [3.63, 3.8) is 0 Å². The summed E-state index contributed by atoms with van der Waals surface area (Å²) in [5.41, 5.74) is 2.73. The lowest BCUT2D eigenvalue weighted by Crippen LogP contribution is -2.38. The number of benzene rings is 5. The molecule has 0 aliphatic rings. The van der Waals surface area contributed by atoms with E-state index in [9.17, 15) is 5.26 Å². The third-order valence-electron chi connectivity index (χ3n) is 9.90. The van der Waals surface area contributed by atoms with Gasteiger partial charge in [0.15, 0.2) is 0 Å². The van der Waals surface area contributed by atoms with Gasteiger partial charge in [0.25, 0.3) is 8.53 Å². The van der Waals surface area contributed by atoms with E-state index >= 15 is 0 Å². The minimum atomic E-state index is -1.60. The zero-order valence-corrected chi connectivity index (χ0v) is 35.0. The second kappa shape index (κ2) is 20.4. The summed E-state index contributed by atoms with van der Waals surface area (Å²) in [6, 6.07) is 40.9. The predicted molar refractivity (Wildman–Crippen MR) is 230 cm³/mol. The average molecular weight is 801 g/mol. The Bertz CT molecular complexity index is 2140. The Morgan fingerprint density at radius 1 is 0.741 bits per heavy atom. The number of methoxy groups -OCH3 is 2. The van der Waals surface area contributed by atoms with Crippen molar-refractivity contribution in [1.82, 2.24) is 14.6 Å². The minimum Gasteiger partial charge on any atom is -0.497 e. The molecule has 6 rings (SSSR count). The number of nitrogens with one attached hydrogen (secondary N) is 1. The third kappa shape index (κ3) is 9.87. The highest BCUT2D eigenvalue weighted by atomic mass is 31.2. The van der Waals surface area contributed by atoms with Gasteiger partial charge < -0.3 is 33.0 Å². The maximum atomic E-state index is 9.42. The number of hydrogen-bond donors (Lipinski definition) is 1. The second-order valence-electron chi connectivity index (χ2n) is 14.3. The summed E-state index contributed by atoms with van der Waals surface area (Å²) in [4.78, 5) is 7.73. The number of nitriles is 1. The van der Waals surface area contributed by atoms with Gasteiger partial charge in [0.1, 0.15) is 28.7 Å². The Kier molecular flexibility index (Phi) is 14.9. The molecule has 0 aliphatic heterocycles. The summed E-state index contributed by atoms with van der Waals surface area (Å²) in [7, 11) is 1.72. The Hall–Kier alpha value is -5.27. The molecule has 1 aromatic heterocycles. The van der Waals surface area contributed by atoms with E-state index in [1.165, 1.54) is 0 Å². The van der Waals surface area contributed by atoms with Gasteiger partial charge in [0, 0.05) is 41.8 Å². The summed E-state index contributed by atoms with van der Waals surface area (Å²) in [6.07, 6.45) is 3.83. The SMILES string of the molecule is COc1ccc(C(OC[C@H](CCOc2ccc(-c3ncc[nH]3)c3ccccc23)OP(OCCC#N)N(C(C)C)C(C)C)(c2ccccc2)c2ccc(OC)cc2)cc1. The van der Waals surface area contributed by atoms with Gasteiger partial charge in [0.2, 0.25) is 0 Å². The standard InChI is InChI=1S/C47H53N4O6P/c1-34(2)51(35(3)4)58(56-31-12-28-48)57-41(27-32-54-45-26-25-44(46-49-29-30-50-46)42-15-10-11-16-43(42)45)33-55-47(36-13-8-7-9-14-36,37-17-21-39(52-5)22-18-37)38-19-23-40(53-6)24-20-38/h7-11,13-26,29-30,34-35,41H,12,27,31-33H2,1-6H3,(H,49,50)/t41-,58?/m0/s1. The minimum absolute atomic E-state index is 0.118. The molecule has 0 bridgehead atoms. The van der Waals surface area contributed by atoms with Crippen molar-refractivity contribution in [3.8, 4) is 34.7 Å². The Morgan fingerprint density at radius 2 is 1.34 bits per heavy atom. The first-order valence-corrected chi connectivity index (χ1v) is 20.8. The number of H-pyrrole nitrogens is 1. The molecule has 2 atom stereocenters. The van der Waals surface area contributed by atoms with Gasteiger partial charge in [-0.05, 0) is 86.2 Å². The lowest BCUT2D eigenvalue weighted by atomic mass is 9.80. The lowest BCUT2D eigenvalue weighted by molar-refractivity contribution is -0.0387. The molecule has 0 saturated heterocycles. The van der Waals surface area contributed by atoms with Crippen LogP contribution >= 0.6 is 8.53 Å². The first-order valence-electron chi connectivity index (χ1n) is 19.7.